The minimum atomic E-state index is 1.18. The first-order valence-corrected chi connectivity index (χ1v) is 7.70. The summed E-state index contributed by atoms with van der Waals surface area (Å²) >= 11 is 0. The van der Waals surface area contributed by atoms with Crippen molar-refractivity contribution >= 4 is 21.5 Å². The molecule has 0 nitrogen and oxygen atoms in total. The van der Waals surface area contributed by atoms with E-state index in [1.54, 1.807) is 0 Å². The summed E-state index contributed by atoms with van der Waals surface area (Å²) in [5.74, 6) is 0. The Morgan fingerprint density at radius 2 is 1.75 bits per heavy atom. The van der Waals surface area contributed by atoms with Crippen molar-refractivity contribution in [2.45, 2.75) is 39.0 Å². The summed E-state index contributed by atoms with van der Waals surface area (Å²) in [6, 6.07) is 20.6. The lowest BCUT2D eigenvalue weighted by molar-refractivity contribution is 0.669. The third kappa shape index (κ3) is 2.56. The summed E-state index contributed by atoms with van der Waals surface area (Å²) in [4.78, 5) is 0. The first-order chi connectivity index (χ1) is 9.90. The fraction of sp³-hybridized carbons (Fsp3) is 0.300. The van der Waals surface area contributed by atoms with Crippen LogP contribution in [0.5, 0.6) is 0 Å². The molecule has 20 heavy (non-hydrogen) atoms. The summed E-state index contributed by atoms with van der Waals surface area (Å²) in [6.07, 6.45) is 6.43. The summed E-state index contributed by atoms with van der Waals surface area (Å²) in [5, 5.41) is 5.49. The lowest BCUT2D eigenvalue weighted by atomic mass is 9.93. The molecule has 3 aromatic rings. The number of fused-ring (bicyclic) bond motifs is 2. The predicted octanol–water partition coefficient (Wildman–Crippen LogP) is 5.92. The van der Waals surface area contributed by atoms with Crippen LogP contribution in [-0.4, -0.2) is 0 Å². The summed E-state index contributed by atoms with van der Waals surface area (Å²) in [7, 11) is 0. The Bertz CT molecular complexity index is 655. The van der Waals surface area contributed by atoms with Crippen molar-refractivity contribution < 1.29 is 0 Å². The maximum absolute atomic E-state index is 3.24. The highest BCUT2D eigenvalue weighted by atomic mass is 14.1. The van der Waals surface area contributed by atoms with Gasteiger partial charge in [-0.05, 0) is 58.1 Å². The van der Waals surface area contributed by atoms with Gasteiger partial charge in [0.2, 0.25) is 0 Å². The van der Waals surface area contributed by atoms with E-state index in [9.17, 15) is 0 Å². The molecule has 0 bridgehead atoms. The zero-order chi connectivity index (χ0) is 13.8. The third-order valence-electron chi connectivity index (χ3n) is 4.10. The van der Waals surface area contributed by atoms with E-state index in [-0.39, 0.29) is 0 Å². The molecule has 101 valence electrons. The molecule has 0 amide bonds. The van der Waals surface area contributed by atoms with E-state index < -0.39 is 0 Å². The molecule has 0 saturated carbocycles. The molecule has 0 fully saturated rings. The number of rotatable bonds is 5. The first kappa shape index (κ1) is 13.2. The summed E-state index contributed by atoms with van der Waals surface area (Å²) in [6.45, 7) is 2.27. The van der Waals surface area contributed by atoms with Gasteiger partial charge in [-0.1, -0.05) is 62.6 Å². The molecule has 0 spiro atoms. The Morgan fingerprint density at radius 1 is 0.900 bits per heavy atom. The molecule has 3 aromatic carbocycles. The number of unbranched alkanes of at least 4 members (excludes halogenated alkanes) is 3. The number of benzene rings is 3. The molecule has 0 aliphatic rings. The van der Waals surface area contributed by atoms with E-state index in [2.05, 4.69) is 55.5 Å². The number of hydrogen-bond donors (Lipinski definition) is 0. The van der Waals surface area contributed by atoms with E-state index in [0.29, 0.717) is 0 Å². The van der Waals surface area contributed by atoms with Crippen molar-refractivity contribution in [3.63, 3.8) is 0 Å². The van der Waals surface area contributed by atoms with Gasteiger partial charge in [-0.15, -0.1) is 0 Å². The van der Waals surface area contributed by atoms with Crippen LogP contribution in [0.25, 0.3) is 21.5 Å². The maximum atomic E-state index is 3.24. The molecular weight excluding hydrogens is 240 g/mol. The lowest BCUT2D eigenvalue weighted by Gasteiger charge is -2.11. The zero-order valence-corrected chi connectivity index (χ0v) is 12.2. The molecular formula is C20H21. The highest BCUT2D eigenvalue weighted by Crippen LogP contribution is 2.29. The van der Waals surface area contributed by atoms with Crippen LogP contribution in [-0.2, 0) is 6.42 Å². The fourth-order valence-electron chi connectivity index (χ4n) is 3.04. The van der Waals surface area contributed by atoms with Gasteiger partial charge in [0, 0.05) is 0 Å². The van der Waals surface area contributed by atoms with Crippen molar-refractivity contribution in [2.24, 2.45) is 0 Å². The first-order valence-electron chi connectivity index (χ1n) is 7.70. The average Bonchev–Trinajstić information content (AvgIpc) is 2.50. The van der Waals surface area contributed by atoms with Crippen molar-refractivity contribution in [3.05, 3.63) is 60.2 Å². The molecule has 1 radical (unpaired) electrons. The second kappa shape index (κ2) is 6.09. The Morgan fingerprint density at radius 3 is 2.65 bits per heavy atom. The zero-order valence-electron chi connectivity index (χ0n) is 12.2. The van der Waals surface area contributed by atoms with Crippen molar-refractivity contribution in [1.82, 2.24) is 0 Å². The molecule has 0 N–H and O–H groups in total. The van der Waals surface area contributed by atoms with Gasteiger partial charge < -0.3 is 0 Å². The van der Waals surface area contributed by atoms with Gasteiger partial charge in [-0.25, -0.2) is 0 Å². The topological polar surface area (TPSA) is 0 Å². The second-order valence-electron chi connectivity index (χ2n) is 5.53. The van der Waals surface area contributed by atoms with Gasteiger partial charge in [0.1, 0.15) is 0 Å². The van der Waals surface area contributed by atoms with Crippen LogP contribution in [0.1, 0.15) is 38.2 Å². The molecule has 0 atom stereocenters. The monoisotopic (exact) mass is 261 g/mol. The quantitative estimate of drug-likeness (QED) is 0.395. The minimum absolute atomic E-state index is 1.18. The van der Waals surface area contributed by atoms with Crippen LogP contribution in [0.2, 0.25) is 0 Å². The summed E-state index contributed by atoms with van der Waals surface area (Å²) in [5.41, 5.74) is 1.51. The van der Waals surface area contributed by atoms with Crippen LogP contribution in [0.3, 0.4) is 0 Å². The van der Waals surface area contributed by atoms with Crippen LogP contribution in [0.15, 0.2) is 48.5 Å². The number of aryl methyl sites for hydroxylation is 1. The molecule has 0 heteroatoms. The molecule has 3 rings (SSSR count). The van der Waals surface area contributed by atoms with Gasteiger partial charge in [0.05, 0.1) is 0 Å². The Balaban J connectivity index is 2.08. The van der Waals surface area contributed by atoms with Crippen LogP contribution < -0.4 is 0 Å². The van der Waals surface area contributed by atoms with Gasteiger partial charge in [0.15, 0.2) is 0 Å². The van der Waals surface area contributed by atoms with Crippen LogP contribution >= 0.6 is 0 Å². The van der Waals surface area contributed by atoms with E-state index in [0.717, 1.165) is 0 Å². The normalized spacial score (nSPS) is 11.2. The number of hydrogen-bond acceptors (Lipinski definition) is 0. The Hall–Kier alpha value is -1.82. The van der Waals surface area contributed by atoms with Crippen molar-refractivity contribution in [3.8, 4) is 0 Å². The standard InChI is InChI=1S/C20H21/c1-2-3-4-5-14-20-18-12-8-6-10-16(18)15-17-11-7-9-13-19(17)20/h6-8,10-13,15H,2-5,14H2,1H3. The molecule has 0 unspecified atom stereocenters. The van der Waals surface area contributed by atoms with Gasteiger partial charge in [-0.2, -0.15) is 0 Å². The molecule has 0 aliphatic carbocycles. The second-order valence-corrected chi connectivity index (χ2v) is 5.53. The molecule has 0 aromatic heterocycles. The molecule has 0 saturated heterocycles. The van der Waals surface area contributed by atoms with Gasteiger partial charge in [-0.3, -0.25) is 0 Å². The summed E-state index contributed by atoms with van der Waals surface area (Å²) < 4.78 is 0. The molecule has 0 aliphatic heterocycles. The highest BCUT2D eigenvalue weighted by Gasteiger charge is 2.06. The van der Waals surface area contributed by atoms with Crippen molar-refractivity contribution in [2.75, 3.05) is 0 Å². The van der Waals surface area contributed by atoms with Gasteiger partial charge >= 0.3 is 0 Å². The van der Waals surface area contributed by atoms with Crippen LogP contribution in [0.4, 0.5) is 0 Å². The smallest absolute Gasteiger partial charge is 0.0139 e. The maximum Gasteiger partial charge on any atom is -0.0139 e. The Labute approximate surface area is 121 Å². The third-order valence-corrected chi connectivity index (χ3v) is 4.10. The SMILES string of the molecule is CCCCCCc1c2c[c]ccc2cc2ccccc12. The van der Waals surface area contributed by atoms with E-state index >= 15 is 0 Å². The Kier molecular flexibility index (Phi) is 4.01. The van der Waals surface area contributed by atoms with E-state index in [1.807, 2.05) is 6.07 Å². The van der Waals surface area contributed by atoms with Gasteiger partial charge in [0.25, 0.3) is 0 Å². The molecule has 0 heterocycles. The highest BCUT2D eigenvalue weighted by molar-refractivity contribution is 6.02. The fourth-order valence-corrected chi connectivity index (χ4v) is 3.04. The van der Waals surface area contributed by atoms with E-state index in [4.69, 9.17) is 0 Å². The predicted molar refractivity (Wildman–Crippen MR) is 88.1 cm³/mol. The lowest BCUT2D eigenvalue weighted by Crippen LogP contribution is -1.91. The minimum Gasteiger partial charge on any atom is -0.0654 e. The van der Waals surface area contributed by atoms with Crippen molar-refractivity contribution in [1.29, 1.82) is 0 Å². The van der Waals surface area contributed by atoms with Crippen LogP contribution in [0, 0.1) is 6.07 Å². The largest absolute Gasteiger partial charge is 0.0654 e. The van der Waals surface area contributed by atoms with E-state index in [1.165, 1.54) is 59.2 Å². The average molecular weight is 261 g/mol.